The third-order valence-corrected chi connectivity index (χ3v) is 7.21. The highest BCUT2D eigenvalue weighted by atomic mass is 35.5. The average Bonchev–Trinajstić information content (AvgIpc) is 3.65. The van der Waals surface area contributed by atoms with Crippen LogP contribution in [0.25, 0.3) is 11.3 Å². The van der Waals surface area contributed by atoms with E-state index in [-0.39, 0.29) is 24.8 Å². The quantitative estimate of drug-likeness (QED) is 0.204. The Hall–Kier alpha value is -4.08. The van der Waals surface area contributed by atoms with Gasteiger partial charge in [-0.2, -0.15) is 5.10 Å². The van der Waals surface area contributed by atoms with Crippen LogP contribution in [0.4, 0.5) is 5.69 Å². The van der Waals surface area contributed by atoms with Gasteiger partial charge in [0.15, 0.2) is 5.17 Å². The maximum atomic E-state index is 13.2. The summed E-state index contributed by atoms with van der Waals surface area (Å²) < 4.78 is 11.3. The highest BCUT2D eigenvalue weighted by Gasteiger charge is 2.39. The average molecular weight is 547 g/mol. The highest BCUT2D eigenvalue weighted by molar-refractivity contribution is 8.15. The Morgan fingerprint density at radius 2 is 1.92 bits per heavy atom. The number of nitrogens with zero attached hydrogens (tertiary/aromatic N) is 3. The van der Waals surface area contributed by atoms with Crippen molar-refractivity contribution < 1.29 is 18.4 Å². The number of benzene rings is 2. The number of amides is 2. The minimum absolute atomic E-state index is 0.00581. The smallest absolute Gasteiger partial charge is 0.243 e. The van der Waals surface area contributed by atoms with Crippen LogP contribution in [0.5, 0.6) is 0 Å². The van der Waals surface area contributed by atoms with Crippen LogP contribution < -0.4 is 5.32 Å². The Labute approximate surface area is 228 Å². The lowest BCUT2D eigenvalue weighted by atomic mass is 10.2. The summed E-state index contributed by atoms with van der Waals surface area (Å²) in [7, 11) is 0. The Morgan fingerprint density at radius 1 is 1.11 bits per heavy atom. The minimum atomic E-state index is -0.639. The summed E-state index contributed by atoms with van der Waals surface area (Å²) in [6.07, 6.45) is 2.99. The Morgan fingerprint density at radius 3 is 2.68 bits per heavy atom. The van der Waals surface area contributed by atoms with Gasteiger partial charge in [0.2, 0.25) is 11.8 Å². The minimum Gasteiger partial charge on any atom is -0.467 e. The van der Waals surface area contributed by atoms with Crippen molar-refractivity contribution >= 4 is 52.2 Å². The molecule has 10 heteroatoms. The van der Waals surface area contributed by atoms with E-state index < -0.39 is 5.25 Å². The monoisotopic (exact) mass is 546 g/mol. The topological polar surface area (TPSA) is 100 Å². The molecular formula is C28H23ClN4O4S. The summed E-state index contributed by atoms with van der Waals surface area (Å²) >= 11 is 7.45. The maximum Gasteiger partial charge on any atom is 0.243 e. The zero-order valence-corrected chi connectivity index (χ0v) is 21.9. The van der Waals surface area contributed by atoms with Gasteiger partial charge in [0.25, 0.3) is 0 Å². The first-order valence-corrected chi connectivity index (χ1v) is 13.0. The first-order valence-electron chi connectivity index (χ1n) is 11.8. The molecule has 2 aromatic heterocycles. The second-order valence-corrected chi connectivity index (χ2v) is 10.1. The van der Waals surface area contributed by atoms with Crippen molar-refractivity contribution in [3.8, 4) is 11.3 Å². The lowest BCUT2D eigenvalue weighted by molar-refractivity contribution is -0.128. The molecule has 0 spiro atoms. The SMILES string of the molecule is Cc1ccc(NC(=O)CC2S/C(=N\N=C\c3ccc(-c4ccccc4Cl)o3)N(Cc3ccco3)C2=O)cc1. The lowest BCUT2D eigenvalue weighted by Crippen LogP contribution is -2.33. The van der Waals surface area contributed by atoms with Gasteiger partial charge in [-0.3, -0.25) is 14.5 Å². The summed E-state index contributed by atoms with van der Waals surface area (Å²) in [6.45, 7) is 2.15. The number of furan rings is 2. The Kier molecular flexibility index (Phi) is 7.76. The van der Waals surface area contributed by atoms with Crippen LogP contribution in [-0.4, -0.2) is 33.3 Å². The first-order chi connectivity index (χ1) is 18.5. The predicted molar refractivity (Wildman–Crippen MR) is 149 cm³/mol. The molecule has 1 N–H and O–H groups in total. The maximum absolute atomic E-state index is 13.2. The summed E-state index contributed by atoms with van der Waals surface area (Å²) in [4.78, 5) is 27.4. The molecule has 1 atom stereocenters. The van der Waals surface area contributed by atoms with E-state index in [0.29, 0.717) is 33.2 Å². The van der Waals surface area contributed by atoms with E-state index in [1.54, 1.807) is 30.3 Å². The van der Waals surface area contributed by atoms with E-state index in [9.17, 15) is 9.59 Å². The molecule has 3 heterocycles. The first kappa shape index (κ1) is 25.6. The van der Waals surface area contributed by atoms with Gasteiger partial charge >= 0.3 is 0 Å². The number of carbonyl (C=O) groups is 2. The van der Waals surface area contributed by atoms with Crippen molar-refractivity contribution in [3.63, 3.8) is 0 Å². The van der Waals surface area contributed by atoms with E-state index in [0.717, 1.165) is 11.1 Å². The van der Waals surface area contributed by atoms with Crippen LogP contribution in [0, 0.1) is 6.92 Å². The molecule has 192 valence electrons. The number of thioether (sulfide) groups is 1. The van der Waals surface area contributed by atoms with Gasteiger partial charge in [-0.05, 0) is 55.5 Å². The van der Waals surface area contributed by atoms with Gasteiger partial charge in [0.05, 0.1) is 24.0 Å². The largest absolute Gasteiger partial charge is 0.467 e. The molecule has 0 aliphatic carbocycles. The van der Waals surface area contributed by atoms with E-state index in [1.165, 1.54) is 29.1 Å². The number of halogens is 1. The number of hydrogen-bond acceptors (Lipinski definition) is 7. The van der Waals surface area contributed by atoms with Gasteiger partial charge in [-0.25, -0.2) is 0 Å². The molecule has 1 unspecified atom stereocenters. The number of amidine groups is 1. The van der Waals surface area contributed by atoms with E-state index in [2.05, 4.69) is 15.5 Å². The summed E-state index contributed by atoms with van der Waals surface area (Å²) in [5, 5.41) is 11.6. The van der Waals surface area contributed by atoms with Crippen molar-refractivity contribution in [3.05, 3.63) is 101 Å². The standard InChI is InChI=1S/C28H23ClN4O4S/c1-18-8-10-19(11-9-18)31-26(34)15-25-27(35)33(17-21-5-4-14-36-21)28(38-25)32-30-16-20-12-13-24(37-20)22-6-2-3-7-23(22)29/h2-14,16,25H,15,17H2,1H3,(H,31,34)/b30-16+,32-28-. The lowest BCUT2D eigenvalue weighted by Gasteiger charge is -2.14. The van der Waals surface area contributed by atoms with Gasteiger partial charge in [-0.15, -0.1) is 5.10 Å². The molecule has 4 aromatic rings. The Balaban J connectivity index is 1.30. The van der Waals surface area contributed by atoms with Crippen LogP contribution in [-0.2, 0) is 16.1 Å². The molecule has 0 saturated carbocycles. The summed E-state index contributed by atoms with van der Waals surface area (Å²) in [5.74, 6) is 1.18. The third kappa shape index (κ3) is 6.07. The number of nitrogens with one attached hydrogen (secondary N) is 1. The molecule has 5 rings (SSSR count). The molecule has 1 aliphatic rings. The number of rotatable bonds is 8. The summed E-state index contributed by atoms with van der Waals surface area (Å²) in [6, 6.07) is 21.9. The van der Waals surface area contributed by atoms with Gasteiger partial charge in [0.1, 0.15) is 22.5 Å². The van der Waals surface area contributed by atoms with E-state index >= 15 is 0 Å². The molecule has 1 aliphatic heterocycles. The molecule has 8 nitrogen and oxygen atoms in total. The van der Waals surface area contributed by atoms with Crippen molar-refractivity contribution in [2.45, 2.75) is 25.1 Å². The summed E-state index contributed by atoms with van der Waals surface area (Å²) in [5.41, 5.74) is 2.54. The number of carbonyl (C=O) groups excluding carboxylic acids is 2. The van der Waals surface area contributed by atoms with Crippen LogP contribution in [0.15, 0.2) is 98.1 Å². The number of aryl methyl sites for hydroxylation is 1. The third-order valence-electron chi connectivity index (χ3n) is 5.71. The zero-order valence-electron chi connectivity index (χ0n) is 20.3. The fraction of sp³-hybridized carbons (Fsp3) is 0.143. The van der Waals surface area contributed by atoms with E-state index in [1.807, 2.05) is 49.4 Å². The van der Waals surface area contributed by atoms with Crippen LogP contribution in [0.3, 0.4) is 0 Å². The Bertz CT molecular complexity index is 1500. The molecule has 0 radical (unpaired) electrons. The molecule has 1 fully saturated rings. The fourth-order valence-corrected chi connectivity index (χ4v) is 5.12. The molecule has 2 aromatic carbocycles. The van der Waals surface area contributed by atoms with Crippen LogP contribution in [0.2, 0.25) is 5.02 Å². The van der Waals surface area contributed by atoms with Crippen molar-refractivity contribution in [2.24, 2.45) is 10.2 Å². The molecule has 0 bridgehead atoms. The number of hydrogen-bond donors (Lipinski definition) is 1. The van der Waals surface area contributed by atoms with Crippen molar-refractivity contribution in [1.82, 2.24) is 4.90 Å². The second kappa shape index (κ2) is 11.5. The van der Waals surface area contributed by atoms with Crippen LogP contribution in [0.1, 0.15) is 23.5 Å². The number of anilines is 1. The predicted octanol–water partition coefficient (Wildman–Crippen LogP) is 6.36. The molecular weight excluding hydrogens is 524 g/mol. The fourth-order valence-electron chi connectivity index (χ4n) is 3.80. The normalized spacial score (nSPS) is 16.6. The van der Waals surface area contributed by atoms with Gasteiger partial charge < -0.3 is 14.2 Å². The van der Waals surface area contributed by atoms with Crippen molar-refractivity contribution in [1.29, 1.82) is 0 Å². The van der Waals surface area contributed by atoms with Crippen molar-refractivity contribution in [2.75, 3.05) is 5.32 Å². The van der Waals surface area contributed by atoms with Crippen LogP contribution >= 0.6 is 23.4 Å². The highest BCUT2D eigenvalue weighted by Crippen LogP contribution is 2.32. The van der Waals surface area contributed by atoms with E-state index in [4.69, 9.17) is 20.4 Å². The molecule has 1 saturated heterocycles. The molecule has 38 heavy (non-hydrogen) atoms. The zero-order chi connectivity index (χ0) is 26.5. The molecule has 2 amide bonds. The van der Waals surface area contributed by atoms with Gasteiger partial charge in [-0.1, -0.05) is 53.2 Å². The van der Waals surface area contributed by atoms with Gasteiger partial charge in [0, 0.05) is 17.7 Å². The second-order valence-electron chi connectivity index (χ2n) is 8.54.